The Bertz CT molecular complexity index is 539. The summed E-state index contributed by atoms with van der Waals surface area (Å²) in [5.41, 5.74) is 0. The van der Waals surface area contributed by atoms with Gasteiger partial charge in [-0.25, -0.2) is 4.98 Å². The number of rotatable bonds is 14. The molecule has 0 atom stereocenters. The predicted molar refractivity (Wildman–Crippen MR) is 100 cm³/mol. The molecule has 0 aliphatic rings. The lowest BCUT2D eigenvalue weighted by atomic mass is 10.3. The summed E-state index contributed by atoms with van der Waals surface area (Å²) in [5, 5.41) is 5.43. The van der Waals surface area contributed by atoms with Gasteiger partial charge >= 0.3 is 0 Å². The van der Waals surface area contributed by atoms with Gasteiger partial charge in [-0.2, -0.15) is 0 Å². The van der Waals surface area contributed by atoms with Gasteiger partial charge in [0.1, 0.15) is 0 Å². The number of hydrogen-bond acceptors (Lipinski definition) is 5. The summed E-state index contributed by atoms with van der Waals surface area (Å²) in [6.45, 7) is 8.97. The molecule has 0 unspecified atom stereocenters. The Balaban J connectivity index is 2.21. The first-order chi connectivity index (χ1) is 12.7. The highest BCUT2D eigenvalue weighted by atomic mass is 16.5. The first-order valence-corrected chi connectivity index (χ1v) is 8.68. The van der Waals surface area contributed by atoms with Gasteiger partial charge in [0.25, 0.3) is 5.88 Å². The smallest absolute Gasteiger partial charge is 0.256 e. The van der Waals surface area contributed by atoms with Gasteiger partial charge in [-0.15, -0.1) is 0 Å². The van der Waals surface area contributed by atoms with E-state index in [4.69, 9.17) is 9.47 Å². The van der Waals surface area contributed by atoms with E-state index < -0.39 is 0 Å². The normalized spacial score (nSPS) is 9.85. The molecule has 1 aromatic rings. The molecule has 0 aliphatic heterocycles. The van der Waals surface area contributed by atoms with E-state index in [9.17, 15) is 9.59 Å². The van der Waals surface area contributed by atoms with Crippen molar-refractivity contribution in [3.8, 4) is 11.6 Å². The maximum Gasteiger partial charge on any atom is 0.256 e. The summed E-state index contributed by atoms with van der Waals surface area (Å²) >= 11 is 0. The van der Waals surface area contributed by atoms with Gasteiger partial charge in [-0.3, -0.25) is 9.59 Å². The van der Waals surface area contributed by atoms with Crippen molar-refractivity contribution in [3.63, 3.8) is 0 Å². The second-order valence-electron chi connectivity index (χ2n) is 5.41. The summed E-state index contributed by atoms with van der Waals surface area (Å²) in [7, 11) is 0. The zero-order valence-corrected chi connectivity index (χ0v) is 15.0. The summed E-state index contributed by atoms with van der Waals surface area (Å²) in [4.78, 5) is 26.2. The number of hydrogen-bond donors (Lipinski definition) is 2. The number of amides is 2. The predicted octanol–water partition coefficient (Wildman–Crippen LogP) is 2.00. The molecule has 0 radical (unpaired) electrons. The van der Waals surface area contributed by atoms with Crippen molar-refractivity contribution in [2.24, 2.45) is 0 Å². The van der Waals surface area contributed by atoms with Crippen LogP contribution in [-0.4, -0.2) is 43.1 Å². The Morgan fingerprint density at radius 1 is 0.962 bits per heavy atom. The lowest BCUT2D eigenvalue weighted by Gasteiger charge is -2.11. The topological polar surface area (TPSA) is 89.6 Å². The minimum Gasteiger partial charge on any atom is -0.488 e. The fourth-order valence-electron chi connectivity index (χ4n) is 1.97. The molecule has 1 aromatic heterocycles. The minimum atomic E-state index is -0.171. The van der Waals surface area contributed by atoms with E-state index in [1.54, 1.807) is 12.3 Å². The maximum absolute atomic E-state index is 11.0. The van der Waals surface area contributed by atoms with Crippen molar-refractivity contribution in [1.82, 2.24) is 15.6 Å². The molecular weight excluding hydrogens is 334 g/mol. The average Bonchev–Trinajstić information content (AvgIpc) is 2.67. The van der Waals surface area contributed by atoms with Crippen LogP contribution in [0.2, 0.25) is 0 Å². The summed E-state index contributed by atoms with van der Waals surface area (Å²) < 4.78 is 11.4. The summed E-state index contributed by atoms with van der Waals surface area (Å²) in [6.07, 6.45) is 7.36. The lowest BCUT2D eigenvalue weighted by Crippen LogP contribution is -2.22. The Kier molecular flexibility index (Phi) is 11.0. The van der Waals surface area contributed by atoms with E-state index in [0.717, 1.165) is 25.7 Å². The summed E-state index contributed by atoms with van der Waals surface area (Å²) in [6, 6.07) is 3.60. The Morgan fingerprint density at radius 3 is 2.12 bits per heavy atom. The third kappa shape index (κ3) is 9.46. The van der Waals surface area contributed by atoms with Gasteiger partial charge in [-0.05, 0) is 50.0 Å². The van der Waals surface area contributed by atoms with E-state index in [1.165, 1.54) is 12.2 Å². The highest BCUT2D eigenvalue weighted by Crippen LogP contribution is 2.23. The van der Waals surface area contributed by atoms with Crippen molar-refractivity contribution in [1.29, 1.82) is 0 Å². The molecule has 0 spiro atoms. The largest absolute Gasteiger partial charge is 0.488 e. The molecule has 0 fully saturated rings. The van der Waals surface area contributed by atoms with Gasteiger partial charge in [0.05, 0.1) is 13.2 Å². The third-order valence-corrected chi connectivity index (χ3v) is 3.34. The number of pyridine rings is 1. The first kappa shape index (κ1) is 21.2. The molecule has 7 nitrogen and oxygen atoms in total. The van der Waals surface area contributed by atoms with Crippen molar-refractivity contribution >= 4 is 11.8 Å². The zero-order chi connectivity index (χ0) is 19.0. The Hall–Kier alpha value is -2.83. The van der Waals surface area contributed by atoms with Crippen LogP contribution < -0.4 is 20.1 Å². The number of ether oxygens (including phenoxy) is 2. The van der Waals surface area contributed by atoms with Crippen molar-refractivity contribution in [2.45, 2.75) is 25.7 Å². The van der Waals surface area contributed by atoms with Gasteiger partial charge in [0, 0.05) is 19.3 Å². The highest BCUT2D eigenvalue weighted by Gasteiger charge is 2.06. The number of nitrogens with zero attached hydrogens (tertiary/aromatic N) is 1. The molecule has 0 bridgehead atoms. The van der Waals surface area contributed by atoms with Gasteiger partial charge < -0.3 is 20.1 Å². The SMILES string of the molecule is C=CC(=O)NCCCCOc1cccnc1OCCCCNC(=O)C=C. The molecule has 0 saturated heterocycles. The quantitative estimate of drug-likeness (QED) is 0.391. The minimum absolute atomic E-state index is 0.169. The monoisotopic (exact) mass is 361 g/mol. The third-order valence-electron chi connectivity index (χ3n) is 3.34. The van der Waals surface area contributed by atoms with E-state index in [2.05, 4.69) is 28.8 Å². The second kappa shape index (κ2) is 13.5. The van der Waals surface area contributed by atoms with Gasteiger partial charge in [-0.1, -0.05) is 13.2 Å². The van der Waals surface area contributed by atoms with Crippen LogP contribution in [0.3, 0.4) is 0 Å². The molecular formula is C19H27N3O4. The first-order valence-electron chi connectivity index (χ1n) is 8.68. The van der Waals surface area contributed by atoms with Crippen molar-refractivity contribution in [2.75, 3.05) is 26.3 Å². The summed E-state index contributed by atoms with van der Waals surface area (Å²) in [5.74, 6) is 0.721. The second-order valence-corrected chi connectivity index (χ2v) is 5.41. The maximum atomic E-state index is 11.0. The van der Waals surface area contributed by atoms with E-state index >= 15 is 0 Å². The van der Waals surface area contributed by atoms with E-state index in [0.29, 0.717) is 37.9 Å². The molecule has 2 N–H and O–H groups in total. The molecule has 1 rings (SSSR count). The Morgan fingerprint density at radius 2 is 1.54 bits per heavy atom. The molecule has 2 amide bonds. The van der Waals surface area contributed by atoms with Crippen LogP contribution in [-0.2, 0) is 9.59 Å². The number of unbranched alkanes of at least 4 members (excludes halogenated alkanes) is 2. The molecule has 1 heterocycles. The van der Waals surface area contributed by atoms with Crippen LogP contribution in [0.15, 0.2) is 43.6 Å². The molecule has 0 aliphatic carbocycles. The van der Waals surface area contributed by atoms with Crippen LogP contribution in [0.25, 0.3) is 0 Å². The van der Waals surface area contributed by atoms with Crippen molar-refractivity contribution < 1.29 is 19.1 Å². The van der Waals surface area contributed by atoms with Crippen molar-refractivity contribution in [3.05, 3.63) is 43.6 Å². The molecule has 142 valence electrons. The molecule has 0 aromatic carbocycles. The molecule has 7 heteroatoms. The van der Waals surface area contributed by atoms with Crippen LogP contribution >= 0.6 is 0 Å². The molecule has 0 saturated carbocycles. The van der Waals surface area contributed by atoms with E-state index in [1.807, 2.05) is 6.07 Å². The molecule has 26 heavy (non-hydrogen) atoms. The number of carbonyl (C=O) groups excluding carboxylic acids is 2. The standard InChI is InChI=1S/C19H27N3O4/c1-3-17(23)20-11-5-7-14-25-16-10-9-13-22-19(16)26-15-8-6-12-21-18(24)4-2/h3-4,9-10,13H,1-2,5-8,11-12,14-15H2,(H,20,23)(H,21,24). The van der Waals surface area contributed by atoms with E-state index in [-0.39, 0.29) is 11.8 Å². The van der Waals surface area contributed by atoms with Gasteiger partial charge in [0.2, 0.25) is 11.8 Å². The number of carbonyl (C=O) groups is 2. The van der Waals surface area contributed by atoms with Crippen LogP contribution in [0.1, 0.15) is 25.7 Å². The van der Waals surface area contributed by atoms with Gasteiger partial charge in [0.15, 0.2) is 5.75 Å². The lowest BCUT2D eigenvalue weighted by molar-refractivity contribution is -0.117. The number of aromatic nitrogens is 1. The van der Waals surface area contributed by atoms with Crippen LogP contribution in [0.4, 0.5) is 0 Å². The number of nitrogens with one attached hydrogen (secondary N) is 2. The Labute approximate surface area is 154 Å². The average molecular weight is 361 g/mol. The zero-order valence-electron chi connectivity index (χ0n) is 15.0. The van der Waals surface area contributed by atoms with Crippen LogP contribution in [0, 0.1) is 0 Å². The van der Waals surface area contributed by atoms with Crippen LogP contribution in [0.5, 0.6) is 11.6 Å². The fraction of sp³-hybridized carbons (Fsp3) is 0.421. The fourth-order valence-corrected chi connectivity index (χ4v) is 1.97. The highest BCUT2D eigenvalue weighted by molar-refractivity contribution is 5.87.